The van der Waals surface area contributed by atoms with Gasteiger partial charge in [0.25, 0.3) is 0 Å². The summed E-state index contributed by atoms with van der Waals surface area (Å²) in [5.41, 5.74) is 0.317. The molecule has 6 heteroatoms. The van der Waals surface area contributed by atoms with E-state index < -0.39 is 0 Å². The summed E-state index contributed by atoms with van der Waals surface area (Å²) in [6.07, 6.45) is 1.17. The number of hydrogen-bond acceptors (Lipinski definition) is 6. The molecule has 0 radical (unpaired) electrons. The first-order valence-corrected chi connectivity index (χ1v) is 6.67. The summed E-state index contributed by atoms with van der Waals surface area (Å²) in [5.74, 6) is 1.90. The number of hydrogen-bond donors (Lipinski definition) is 1. The molecule has 0 aromatic carbocycles. The van der Waals surface area contributed by atoms with Crippen LogP contribution < -0.4 is 15.0 Å². The molecule has 1 aliphatic rings. The van der Waals surface area contributed by atoms with Gasteiger partial charge in [0, 0.05) is 20.1 Å². The molecule has 1 atom stereocenters. The molecule has 0 aliphatic carbocycles. The minimum Gasteiger partial charge on any atom is -0.467 e. The molecule has 1 aromatic rings. The van der Waals surface area contributed by atoms with Crippen LogP contribution in [0.2, 0.25) is 0 Å². The van der Waals surface area contributed by atoms with Crippen LogP contribution in [0.5, 0.6) is 6.01 Å². The van der Waals surface area contributed by atoms with Gasteiger partial charge in [-0.25, -0.2) is 0 Å². The van der Waals surface area contributed by atoms with Gasteiger partial charge in [0.1, 0.15) is 0 Å². The average molecular weight is 265 g/mol. The Bertz CT molecular complexity index is 421. The van der Waals surface area contributed by atoms with Crippen molar-refractivity contribution in [3.63, 3.8) is 0 Å². The first-order valence-electron chi connectivity index (χ1n) is 6.67. The van der Waals surface area contributed by atoms with Crippen LogP contribution in [-0.4, -0.2) is 42.2 Å². The van der Waals surface area contributed by atoms with Crippen LogP contribution in [0.25, 0.3) is 0 Å². The molecule has 1 N–H and O–H groups in total. The Labute approximate surface area is 114 Å². The Kier molecular flexibility index (Phi) is 3.78. The maximum absolute atomic E-state index is 5.12. The van der Waals surface area contributed by atoms with Gasteiger partial charge in [-0.2, -0.15) is 15.0 Å². The Morgan fingerprint density at radius 1 is 1.26 bits per heavy atom. The summed E-state index contributed by atoms with van der Waals surface area (Å²) in [6.45, 7) is 8.83. The maximum atomic E-state index is 5.12. The standard InChI is InChI=1S/C13H23N5O/c1-13(2,3)9-6-7-18(8-9)11-15-10(14-4)16-12(17-11)19-5/h9H,6-8H2,1-5H3,(H,14,15,16,17). The monoisotopic (exact) mass is 265 g/mol. The lowest BCUT2D eigenvalue weighted by Crippen LogP contribution is -2.27. The topological polar surface area (TPSA) is 63.2 Å². The van der Waals surface area contributed by atoms with Crippen molar-refractivity contribution in [1.29, 1.82) is 0 Å². The molecule has 2 rings (SSSR count). The molecule has 0 amide bonds. The van der Waals surface area contributed by atoms with E-state index in [-0.39, 0.29) is 0 Å². The number of methoxy groups -OCH3 is 1. The largest absolute Gasteiger partial charge is 0.467 e. The molecule has 0 saturated carbocycles. The van der Waals surface area contributed by atoms with E-state index in [1.165, 1.54) is 6.42 Å². The smallest absolute Gasteiger partial charge is 0.322 e. The molecule has 1 fully saturated rings. The molecular weight excluding hydrogens is 242 g/mol. The number of nitrogens with one attached hydrogen (secondary N) is 1. The quantitative estimate of drug-likeness (QED) is 0.899. The zero-order valence-corrected chi connectivity index (χ0v) is 12.4. The van der Waals surface area contributed by atoms with Gasteiger partial charge in [-0.3, -0.25) is 0 Å². The SMILES string of the molecule is CNc1nc(OC)nc(N2CCC(C(C)(C)C)C2)n1. The summed E-state index contributed by atoms with van der Waals surface area (Å²) >= 11 is 0. The molecule has 0 bridgehead atoms. The number of ether oxygens (including phenoxy) is 1. The van der Waals surface area contributed by atoms with E-state index in [9.17, 15) is 0 Å². The van der Waals surface area contributed by atoms with Crippen molar-refractivity contribution in [2.75, 3.05) is 37.5 Å². The van der Waals surface area contributed by atoms with Gasteiger partial charge in [-0.15, -0.1) is 0 Å². The second-order valence-electron chi connectivity index (χ2n) is 5.99. The summed E-state index contributed by atoms with van der Waals surface area (Å²) < 4.78 is 5.12. The lowest BCUT2D eigenvalue weighted by molar-refractivity contribution is 0.263. The van der Waals surface area contributed by atoms with E-state index in [4.69, 9.17) is 4.74 Å². The van der Waals surface area contributed by atoms with Crippen LogP contribution in [0.4, 0.5) is 11.9 Å². The van der Waals surface area contributed by atoms with E-state index in [0.717, 1.165) is 13.1 Å². The van der Waals surface area contributed by atoms with Crippen LogP contribution >= 0.6 is 0 Å². The molecule has 2 heterocycles. The van der Waals surface area contributed by atoms with Crippen LogP contribution in [0.3, 0.4) is 0 Å². The Morgan fingerprint density at radius 2 is 2.00 bits per heavy atom. The van der Waals surface area contributed by atoms with Crippen molar-refractivity contribution in [1.82, 2.24) is 15.0 Å². The zero-order chi connectivity index (χ0) is 14.0. The van der Waals surface area contributed by atoms with Crippen molar-refractivity contribution < 1.29 is 4.74 Å². The van der Waals surface area contributed by atoms with E-state index in [1.54, 1.807) is 14.2 Å². The minimum absolute atomic E-state index is 0.317. The van der Waals surface area contributed by atoms with Crippen molar-refractivity contribution >= 4 is 11.9 Å². The van der Waals surface area contributed by atoms with Gasteiger partial charge in [-0.05, 0) is 17.8 Å². The highest BCUT2D eigenvalue weighted by Crippen LogP contribution is 2.35. The number of anilines is 2. The lowest BCUT2D eigenvalue weighted by atomic mass is 9.80. The predicted molar refractivity (Wildman–Crippen MR) is 75.7 cm³/mol. The molecule has 1 aromatic heterocycles. The highest BCUT2D eigenvalue weighted by Gasteiger charge is 2.33. The van der Waals surface area contributed by atoms with Gasteiger partial charge in [0.15, 0.2) is 0 Å². The Balaban J connectivity index is 2.19. The van der Waals surface area contributed by atoms with Crippen LogP contribution in [-0.2, 0) is 0 Å². The normalized spacial score (nSPS) is 19.6. The molecule has 6 nitrogen and oxygen atoms in total. The second-order valence-corrected chi connectivity index (χ2v) is 5.99. The fourth-order valence-electron chi connectivity index (χ4n) is 2.34. The number of nitrogens with zero attached hydrogens (tertiary/aromatic N) is 4. The Hall–Kier alpha value is -1.59. The van der Waals surface area contributed by atoms with Gasteiger partial charge in [0.05, 0.1) is 7.11 Å². The molecule has 19 heavy (non-hydrogen) atoms. The van der Waals surface area contributed by atoms with Gasteiger partial charge in [-0.1, -0.05) is 20.8 Å². The van der Waals surface area contributed by atoms with Crippen LogP contribution in [0.15, 0.2) is 0 Å². The predicted octanol–water partition coefficient (Wildman–Crippen LogP) is 1.79. The third kappa shape index (κ3) is 3.05. The van der Waals surface area contributed by atoms with E-state index >= 15 is 0 Å². The zero-order valence-electron chi connectivity index (χ0n) is 12.4. The highest BCUT2D eigenvalue weighted by molar-refractivity contribution is 5.39. The first kappa shape index (κ1) is 13.8. The minimum atomic E-state index is 0.317. The Morgan fingerprint density at radius 3 is 2.53 bits per heavy atom. The van der Waals surface area contributed by atoms with E-state index in [1.807, 2.05) is 0 Å². The fraction of sp³-hybridized carbons (Fsp3) is 0.769. The third-order valence-electron chi connectivity index (χ3n) is 3.71. The van der Waals surface area contributed by atoms with Crippen molar-refractivity contribution in [3.05, 3.63) is 0 Å². The van der Waals surface area contributed by atoms with Gasteiger partial charge >= 0.3 is 6.01 Å². The lowest BCUT2D eigenvalue weighted by Gasteiger charge is -2.27. The molecule has 1 aliphatic heterocycles. The molecule has 1 saturated heterocycles. The van der Waals surface area contributed by atoms with Crippen LogP contribution in [0.1, 0.15) is 27.2 Å². The third-order valence-corrected chi connectivity index (χ3v) is 3.71. The summed E-state index contributed by atoms with van der Waals surface area (Å²) in [5, 5.41) is 2.94. The maximum Gasteiger partial charge on any atom is 0.322 e. The summed E-state index contributed by atoms with van der Waals surface area (Å²) in [6, 6.07) is 0.355. The second kappa shape index (κ2) is 5.19. The molecular formula is C13H23N5O. The number of rotatable bonds is 3. The van der Waals surface area contributed by atoms with Gasteiger partial charge in [0.2, 0.25) is 11.9 Å². The van der Waals surface area contributed by atoms with Crippen LogP contribution in [0, 0.1) is 11.3 Å². The van der Waals surface area contributed by atoms with Crippen molar-refractivity contribution in [2.45, 2.75) is 27.2 Å². The first-order chi connectivity index (χ1) is 8.94. The highest BCUT2D eigenvalue weighted by atomic mass is 16.5. The molecule has 1 unspecified atom stereocenters. The van der Waals surface area contributed by atoms with E-state index in [2.05, 4.69) is 45.9 Å². The fourth-order valence-corrected chi connectivity index (χ4v) is 2.34. The average Bonchev–Trinajstić information content (AvgIpc) is 2.87. The van der Waals surface area contributed by atoms with E-state index in [0.29, 0.717) is 29.2 Å². The molecule has 106 valence electrons. The summed E-state index contributed by atoms with van der Waals surface area (Å²) in [7, 11) is 3.36. The van der Waals surface area contributed by atoms with Gasteiger partial charge < -0.3 is 15.0 Å². The van der Waals surface area contributed by atoms with Crippen molar-refractivity contribution in [3.8, 4) is 6.01 Å². The van der Waals surface area contributed by atoms with Crippen molar-refractivity contribution in [2.24, 2.45) is 11.3 Å². The number of aromatic nitrogens is 3. The summed E-state index contributed by atoms with van der Waals surface area (Å²) in [4.78, 5) is 15.1. The molecule has 0 spiro atoms.